The van der Waals surface area contributed by atoms with Gasteiger partial charge >= 0.3 is 0 Å². The van der Waals surface area contributed by atoms with Gasteiger partial charge in [-0.3, -0.25) is 0 Å². The van der Waals surface area contributed by atoms with Crippen molar-refractivity contribution < 1.29 is 6.48 Å². The van der Waals surface area contributed by atoms with Gasteiger partial charge in [0.1, 0.15) is 0 Å². The topological polar surface area (TPSA) is 23.5 Å². The lowest BCUT2D eigenvalue weighted by atomic mass is 9.97. The van der Waals surface area contributed by atoms with Gasteiger partial charge in [0, 0.05) is 19.0 Å². The number of aliphatic hydroxyl groups is 1. The van der Waals surface area contributed by atoms with E-state index in [0.29, 0.717) is 12.5 Å². The van der Waals surface area contributed by atoms with E-state index in [1.807, 2.05) is 24.3 Å². The summed E-state index contributed by atoms with van der Waals surface area (Å²) in [6.07, 6.45) is 1.94. The van der Waals surface area contributed by atoms with Crippen molar-refractivity contribution in [2.24, 2.45) is 5.92 Å². The first-order valence-electron chi connectivity index (χ1n) is 6.77. The van der Waals surface area contributed by atoms with Crippen molar-refractivity contribution in [2.45, 2.75) is 19.2 Å². The Kier molecular flexibility index (Phi) is 4.49. The zero-order valence-corrected chi connectivity index (χ0v) is 11.6. The smallest absolute Gasteiger partial charge is 0.0460 e. The molecule has 0 bridgehead atoms. The third-order valence-electron chi connectivity index (χ3n) is 3.42. The van der Waals surface area contributed by atoms with Gasteiger partial charge in [-0.25, -0.2) is 0 Å². The lowest BCUT2D eigenvalue weighted by Crippen LogP contribution is -2.36. The maximum atomic E-state index is 9.10. The molecule has 2 nitrogen and oxygen atoms in total. The summed E-state index contributed by atoms with van der Waals surface area (Å²) in [4.78, 5) is 2.34. The normalized spacial score (nSPS) is 21.2. The Labute approximate surface area is 113 Å². The number of hydrogen-bond acceptors (Lipinski definition) is 2. The fraction of sp³-hybridized carbons (Fsp3) is 0.571. The highest BCUT2D eigenvalue weighted by atomic mass is 79.9. The molecule has 1 aliphatic heterocycles. The first-order chi connectivity index (χ1) is 8.69. The monoisotopic (exact) mass is 298 g/mol. The predicted octanol–water partition coefficient (Wildman–Crippen LogP) is 2.70. The van der Waals surface area contributed by atoms with Gasteiger partial charge in [-0.05, 0) is 55.9 Å². The average molecular weight is 299 g/mol. The van der Waals surface area contributed by atoms with Gasteiger partial charge in [-0.2, -0.15) is 0 Å². The Morgan fingerprint density at radius 2 is 1.94 bits per heavy atom. The van der Waals surface area contributed by atoms with E-state index in [-0.39, 0.29) is 6.40 Å². The van der Waals surface area contributed by atoms with Gasteiger partial charge in [0.05, 0.1) is 0 Å². The van der Waals surface area contributed by atoms with E-state index in [1.54, 1.807) is 0 Å². The third kappa shape index (κ3) is 4.09. The summed E-state index contributed by atoms with van der Waals surface area (Å²) >= 11 is 3.41. The molecule has 94 valence electrons. The second kappa shape index (κ2) is 6.53. The predicted molar refractivity (Wildman–Crippen MR) is 74.1 cm³/mol. The molecule has 0 saturated carbocycles. The van der Waals surface area contributed by atoms with Crippen molar-refractivity contribution in [1.29, 1.82) is 0 Å². The van der Waals surface area contributed by atoms with Crippen LogP contribution in [0.1, 0.15) is 19.8 Å². The number of nitrogens with zero attached hydrogens (tertiary/aromatic N) is 1. The molecule has 3 heteroatoms. The van der Waals surface area contributed by atoms with Crippen LogP contribution in [0.4, 0.5) is 0 Å². The maximum Gasteiger partial charge on any atom is 0.0460 e. The molecule has 0 aliphatic carbocycles. The molecule has 0 radical (unpaired) electrons. The second-order valence-electron chi connectivity index (χ2n) is 4.68. The molecule has 1 aliphatic rings. The van der Waals surface area contributed by atoms with E-state index in [2.05, 4.69) is 20.8 Å². The Hall–Kier alpha value is -0.380. The lowest BCUT2D eigenvalue weighted by Gasteiger charge is -2.30. The summed E-state index contributed by atoms with van der Waals surface area (Å²) in [5.41, 5.74) is 1.07. The standard InChI is InChI=1S/C14H20BrNO/c15-14-3-1-12(2-4-14)5-8-16-9-6-13(11-17)7-10-16/h1-4,13,17H,5-11H2/i5D. The van der Waals surface area contributed by atoms with Gasteiger partial charge in [-0.15, -0.1) is 0 Å². The highest BCUT2D eigenvalue weighted by Gasteiger charge is 2.17. The minimum Gasteiger partial charge on any atom is -0.396 e. The van der Waals surface area contributed by atoms with Crippen LogP contribution in [-0.4, -0.2) is 36.2 Å². The van der Waals surface area contributed by atoms with Gasteiger partial charge in [0.2, 0.25) is 0 Å². The summed E-state index contributed by atoms with van der Waals surface area (Å²) in [5, 5.41) is 9.10. The lowest BCUT2D eigenvalue weighted by molar-refractivity contribution is 0.132. The van der Waals surface area contributed by atoms with E-state index in [9.17, 15) is 0 Å². The molecule has 1 saturated heterocycles. The van der Waals surface area contributed by atoms with Crippen LogP contribution < -0.4 is 0 Å². The van der Waals surface area contributed by atoms with Crippen molar-refractivity contribution in [3.8, 4) is 0 Å². The molecule has 1 aromatic carbocycles. The molecular formula is C14H20BrNO. The molecule has 1 atom stereocenters. The van der Waals surface area contributed by atoms with Crippen molar-refractivity contribution in [3.05, 3.63) is 34.3 Å². The van der Waals surface area contributed by atoms with Crippen molar-refractivity contribution in [3.63, 3.8) is 0 Å². The van der Waals surface area contributed by atoms with Gasteiger partial charge in [0.25, 0.3) is 0 Å². The summed E-state index contributed by atoms with van der Waals surface area (Å²) in [7, 11) is 0. The first-order valence-corrected chi connectivity index (χ1v) is 6.99. The Bertz CT molecular complexity index is 363. The van der Waals surface area contributed by atoms with Gasteiger partial charge < -0.3 is 10.0 Å². The molecule has 0 amide bonds. The zero-order valence-electron chi connectivity index (χ0n) is 11.0. The summed E-state index contributed by atoms with van der Waals surface area (Å²) in [5.74, 6) is 0.470. The fourth-order valence-electron chi connectivity index (χ4n) is 2.18. The first kappa shape index (κ1) is 11.7. The SMILES string of the molecule is [2H]C(CN1CCC(CO)CC1)c1ccc(Br)cc1. The molecule has 0 aromatic heterocycles. The number of halogens is 1. The number of hydrogen-bond donors (Lipinski definition) is 1. The molecule has 1 heterocycles. The van der Waals surface area contributed by atoms with E-state index in [0.717, 1.165) is 42.5 Å². The highest BCUT2D eigenvalue weighted by Crippen LogP contribution is 2.17. The largest absolute Gasteiger partial charge is 0.396 e. The van der Waals surface area contributed by atoms with E-state index in [1.165, 1.54) is 0 Å². The van der Waals surface area contributed by atoms with Gasteiger partial charge in [-0.1, -0.05) is 28.1 Å². The van der Waals surface area contributed by atoms with Crippen LogP contribution in [0, 0.1) is 5.92 Å². The summed E-state index contributed by atoms with van der Waals surface area (Å²) in [6.45, 7) is 3.12. The number of benzene rings is 1. The molecule has 1 aromatic rings. The molecular weight excluding hydrogens is 278 g/mol. The molecule has 17 heavy (non-hydrogen) atoms. The molecule has 0 spiro atoms. The minimum absolute atomic E-state index is 0.177. The summed E-state index contributed by atoms with van der Waals surface area (Å²) < 4.78 is 9.27. The highest BCUT2D eigenvalue weighted by molar-refractivity contribution is 9.10. The van der Waals surface area contributed by atoms with E-state index in [4.69, 9.17) is 6.48 Å². The van der Waals surface area contributed by atoms with E-state index >= 15 is 0 Å². The van der Waals surface area contributed by atoms with Crippen LogP contribution >= 0.6 is 15.9 Å². The van der Waals surface area contributed by atoms with Crippen LogP contribution in [0.2, 0.25) is 0 Å². The van der Waals surface area contributed by atoms with Crippen LogP contribution in [0.5, 0.6) is 0 Å². The van der Waals surface area contributed by atoms with Crippen molar-refractivity contribution in [1.82, 2.24) is 4.90 Å². The summed E-state index contributed by atoms with van der Waals surface area (Å²) in [6, 6.07) is 8.02. The Morgan fingerprint density at radius 3 is 2.53 bits per heavy atom. The Balaban J connectivity index is 1.84. The maximum absolute atomic E-state index is 9.10. The number of rotatable bonds is 4. The Morgan fingerprint density at radius 1 is 1.29 bits per heavy atom. The van der Waals surface area contributed by atoms with Crippen LogP contribution in [0.15, 0.2) is 28.7 Å². The van der Waals surface area contributed by atoms with Gasteiger partial charge in [0.15, 0.2) is 0 Å². The number of piperidine rings is 1. The van der Waals surface area contributed by atoms with Crippen LogP contribution in [-0.2, 0) is 6.40 Å². The van der Waals surface area contributed by atoms with Crippen LogP contribution in [0.3, 0.4) is 0 Å². The molecule has 1 N–H and O–H groups in total. The van der Waals surface area contributed by atoms with Crippen molar-refractivity contribution in [2.75, 3.05) is 26.2 Å². The van der Waals surface area contributed by atoms with Crippen LogP contribution in [0.25, 0.3) is 0 Å². The molecule has 1 fully saturated rings. The second-order valence-corrected chi connectivity index (χ2v) is 5.60. The number of aliphatic hydroxyl groups excluding tert-OH is 1. The van der Waals surface area contributed by atoms with Crippen molar-refractivity contribution >= 4 is 15.9 Å². The van der Waals surface area contributed by atoms with E-state index < -0.39 is 0 Å². The molecule has 2 rings (SSSR count). The molecule has 1 unspecified atom stereocenters. The quantitative estimate of drug-likeness (QED) is 0.924. The number of likely N-dealkylation sites (tertiary alicyclic amines) is 1. The zero-order chi connectivity index (χ0) is 13.0. The average Bonchev–Trinajstić information content (AvgIpc) is 2.40. The fourth-order valence-corrected chi connectivity index (χ4v) is 2.45. The minimum atomic E-state index is -0.177. The third-order valence-corrected chi connectivity index (χ3v) is 3.95.